The van der Waals surface area contributed by atoms with Crippen molar-refractivity contribution >= 4 is 28.9 Å². The summed E-state index contributed by atoms with van der Waals surface area (Å²) < 4.78 is 47.7. The number of ether oxygens (including phenoxy) is 2. The molecule has 0 aliphatic heterocycles. The molecule has 2 aromatic heterocycles. The third kappa shape index (κ3) is 3.62. The van der Waals surface area contributed by atoms with E-state index in [0.29, 0.717) is 4.73 Å². The molecular weight excluding hydrogens is 337 g/mol. The Balaban J connectivity index is 2.39. The molecule has 0 aliphatic carbocycles. The molecule has 13 heteroatoms. The molecule has 0 saturated heterocycles. The van der Waals surface area contributed by atoms with Gasteiger partial charge in [-0.15, -0.1) is 4.73 Å². The molecule has 10 nitrogen and oxygen atoms in total. The molecule has 132 valence electrons. The van der Waals surface area contributed by atoms with Gasteiger partial charge >= 0.3 is 12.1 Å². The predicted molar refractivity (Wildman–Crippen MR) is 73.7 cm³/mol. The van der Waals surface area contributed by atoms with Crippen molar-refractivity contribution in [1.82, 2.24) is 19.7 Å². The summed E-state index contributed by atoms with van der Waals surface area (Å²) in [6, 6.07) is 0. The van der Waals surface area contributed by atoms with Crippen LogP contribution in [0.5, 0.6) is 0 Å². The standard InChI is InChI=1S/C11H13F3N6O4/c1-22-5(23-2)3-16-10-19-6-7(15)17-4-18-8(6)20(10)24-9(21)11(12,13)14/h4-5H,3H2,1-2H3,(H,16,19)(H2,15,17,18). The average Bonchev–Trinajstić information content (AvgIpc) is 2.87. The van der Waals surface area contributed by atoms with Crippen LogP contribution in [0.4, 0.5) is 24.9 Å². The van der Waals surface area contributed by atoms with Gasteiger partial charge in [0.05, 0.1) is 6.54 Å². The SMILES string of the molecule is COC(CNc1nc2c(N)ncnc2n1OC(=O)C(F)(F)F)OC. The van der Waals surface area contributed by atoms with Gasteiger partial charge in [-0.3, -0.25) is 0 Å². The van der Waals surface area contributed by atoms with Crippen molar-refractivity contribution in [3.05, 3.63) is 6.33 Å². The second kappa shape index (κ2) is 6.84. The molecule has 0 radical (unpaired) electrons. The fourth-order valence-electron chi connectivity index (χ4n) is 1.66. The van der Waals surface area contributed by atoms with E-state index in [4.69, 9.17) is 15.2 Å². The van der Waals surface area contributed by atoms with E-state index in [-0.39, 0.29) is 29.5 Å². The maximum absolute atomic E-state index is 12.4. The number of fused-ring (bicyclic) bond motifs is 1. The van der Waals surface area contributed by atoms with Crippen molar-refractivity contribution in [3.63, 3.8) is 0 Å². The van der Waals surface area contributed by atoms with E-state index in [1.54, 1.807) is 0 Å². The van der Waals surface area contributed by atoms with Crippen molar-refractivity contribution in [2.75, 3.05) is 31.8 Å². The zero-order valence-corrected chi connectivity index (χ0v) is 12.5. The van der Waals surface area contributed by atoms with Crippen LogP contribution in [0, 0.1) is 0 Å². The van der Waals surface area contributed by atoms with E-state index < -0.39 is 18.4 Å². The highest BCUT2D eigenvalue weighted by molar-refractivity contribution is 5.85. The van der Waals surface area contributed by atoms with Crippen LogP contribution in [-0.2, 0) is 14.3 Å². The molecule has 2 aromatic rings. The third-order valence-electron chi connectivity index (χ3n) is 2.79. The van der Waals surface area contributed by atoms with E-state index in [0.717, 1.165) is 6.33 Å². The lowest BCUT2D eigenvalue weighted by Gasteiger charge is -2.15. The summed E-state index contributed by atoms with van der Waals surface area (Å²) in [6.07, 6.45) is -4.93. The normalized spacial score (nSPS) is 11.9. The summed E-state index contributed by atoms with van der Waals surface area (Å²) >= 11 is 0. The number of nitrogens with one attached hydrogen (secondary N) is 1. The Morgan fingerprint density at radius 1 is 1.38 bits per heavy atom. The Bertz CT molecular complexity index is 730. The Kier molecular flexibility index (Phi) is 5.04. The molecule has 0 spiro atoms. The van der Waals surface area contributed by atoms with Crippen LogP contribution in [0.15, 0.2) is 6.33 Å². The van der Waals surface area contributed by atoms with Crippen molar-refractivity contribution in [2.45, 2.75) is 12.5 Å². The lowest BCUT2D eigenvalue weighted by Crippen LogP contribution is -2.34. The van der Waals surface area contributed by atoms with Gasteiger partial charge in [-0.2, -0.15) is 13.2 Å². The number of imidazole rings is 1. The minimum Gasteiger partial charge on any atom is -0.382 e. The number of nitrogen functional groups attached to an aromatic ring is 1. The second-order valence-electron chi connectivity index (χ2n) is 4.32. The van der Waals surface area contributed by atoms with Crippen molar-refractivity contribution in [1.29, 1.82) is 0 Å². The lowest BCUT2D eigenvalue weighted by atomic mass is 10.5. The predicted octanol–water partition coefficient (Wildman–Crippen LogP) is -0.0432. The number of rotatable bonds is 6. The maximum Gasteiger partial charge on any atom is 0.493 e. The van der Waals surface area contributed by atoms with Crippen LogP contribution in [0.1, 0.15) is 0 Å². The molecule has 24 heavy (non-hydrogen) atoms. The van der Waals surface area contributed by atoms with E-state index in [1.165, 1.54) is 14.2 Å². The van der Waals surface area contributed by atoms with Crippen LogP contribution in [0.25, 0.3) is 11.2 Å². The number of hydrogen-bond donors (Lipinski definition) is 2. The summed E-state index contributed by atoms with van der Waals surface area (Å²) in [7, 11) is 2.73. The van der Waals surface area contributed by atoms with Crippen molar-refractivity contribution in [3.8, 4) is 0 Å². The molecule has 0 atom stereocenters. The van der Waals surface area contributed by atoms with Gasteiger partial charge in [-0.05, 0) is 0 Å². The minimum absolute atomic E-state index is 0.00672. The summed E-state index contributed by atoms with van der Waals surface area (Å²) in [5, 5.41) is 2.62. The molecular formula is C11H13F3N6O4. The number of alkyl halides is 3. The van der Waals surface area contributed by atoms with Gasteiger partial charge in [-0.1, -0.05) is 0 Å². The molecule has 0 amide bonds. The number of carbonyl (C=O) groups excluding carboxylic acids is 1. The smallest absolute Gasteiger partial charge is 0.382 e. The third-order valence-corrected chi connectivity index (χ3v) is 2.79. The molecule has 3 N–H and O–H groups in total. The lowest BCUT2D eigenvalue weighted by molar-refractivity contribution is -0.199. The van der Waals surface area contributed by atoms with Crippen LogP contribution in [0.3, 0.4) is 0 Å². The summed E-state index contributed by atoms with van der Waals surface area (Å²) in [6.45, 7) is -0.00672. The van der Waals surface area contributed by atoms with Crippen LogP contribution < -0.4 is 15.9 Å². The monoisotopic (exact) mass is 350 g/mol. The number of nitrogens with zero attached hydrogens (tertiary/aromatic N) is 4. The Labute approximate surface area is 132 Å². The first-order chi connectivity index (χ1) is 11.3. The first-order valence-corrected chi connectivity index (χ1v) is 6.35. The fraction of sp³-hybridized carbons (Fsp3) is 0.455. The number of aromatic nitrogens is 4. The zero-order valence-electron chi connectivity index (χ0n) is 12.5. The van der Waals surface area contributed by atoms with Crippen LogP contribution >= 0.6 is 0 Å². The van der Waals surface area contributed by atoms with Gasteiger partial charge in [0.25, 0.3) is 0 Å². The zero-order chi connectivity index (χ0) is 17.9. The Morgan fingerprint density at radius 3 is 2.62 bits per heavy atom. The molecule has 0 unspecified atom stereocenters. The molecule has 2 heterocycles. The summed E-state index contributed by atoms with van der Waals surface area (Å²) in [4.78, 5) is 26.8. The van der Waals surface area contributed by atoms with Gasteiger partial charge in [-0.25, -0.2) is 19.7 Å². The molecule has 0 fully saturated rings. The van der Waals surface area contributed by atoms with Gasteiger partial charge in [0.15, 0.2) is 17.6 Å². The highest BCUT2D eigenvalue weighted by atomic mass is 19.4. The van der Waals surface area contributed by atoms with Gasteiger partial charge < -0.3 is 25.4 Å². The number of halogens is 3. The fourth-order valence-corrected chi connectivity index (χ4v) is 1.66. The van der Waals surface area contributed by atoms with Crippen molar-refractivity contribution in [2.24, 2.45) is 0 Å². The van der Waals surface area contributed by atoms with Crippen LogP contribution in [0.2, 0.25) is 0 Å². The molecule has 2 rings (SSSR count). The topological polar surface area (TPSA) is 126 Å². The molecule has 0 bridgehead atoms. The first-order valence-electron chi connectivity index (χ1n) is 6.35. The highest BCUT2D eigenvalue weighted by Gasteiger charge is 2.42. The van der Waals surface area contributed by atoms with Gasteiger partial charge in [0.2, 0.25) is 11.6 Å². The number of nitrogens with two attached hydrogens (primary N) is 1. The maximum atomic E-state index is 12.4. The Morgan fingerprint density at radius 2 is 2.04 bits per heavy atom. The quantitative estimate of drug-likeness (QED) is 0.690. The van der Waals surface area contributed by atoms with E-state index >= 15 is 0 Å². The second-order valence-corrected chi connectivity index (χ2v) is 4.32. The first kappa shape index (κ1) is 17.7. The molecule has 0 aliphatic rings. The largest absolute Gasteiger partial charge is 0.493 e. The molecule has 0 aromatic carbocycles. The van der Waals surface area contributed by atoms with Gasteiger partial charge in [0.1, 0.15) is 6.33 Å². The van der Waals surface area contributed by atoms with E-state index in [9.17, 15) is 18.0 Å². The summed E-state index contributed by atoms with van der Waals surface area (Å²) in [5.41, 5.74) is 5.34. The van der Waals surface area contributed by atoms with Crippen molar-refractivity contribution < 1.29 is 32.3 Å². The highest BCUT2D eigenvalue weighted by Crippen LogP contribution is 2.22. The number of methoxy groups -OCH3 is 2. The number of carbonyl (C=O) groups is 1. The number of anilines is 2. The summed E-state index contributed by atoms with van der Waals surface area (Å²) in [5.74, 6) is -2.80. The van der Waals surface area contributed by atoms with E-state index in [2.05, 4.69) is 25.1 Å². The molecule has 0 saturated carbocycles. The average molecular weight is 350 g/mol. The van der Waals surface area contributed by atoms with Gasteiger partial charge in [0, 0.05) is 14.2 Å². The van der Waals surface area contributed by atoms with E-state index in [1.807, 2.05) is 0 Å². The number of hydrogen-bond acceptors (Lipinski definition) is 9. The minimum atomic E-state index is -5.20. The van der Waals surface area contributed by atoms with Crippen LogP contribution in [-0.4, -0.2) is 58.9 Å². The Hall–Kier alpha value is -2.67.